The van der Waals surface area contributed by atoms with E-state index in [2.05, 4.69) is 26.3 Å². The van der Waals surface area contributed by atoms with Gasteiger partial charge < -0.3 is 19.9 Å². The van der Waals surface area contributed by atoms with Crippen LogP contribution in [0.4, 0.5) is 11.4 Å². The largest absolute Gasteiger partial charge is 0.492 e. The predicted octanol–water partition coefficient (Wildman–Crippen LogP) is 2.52. The van der Waals surface area contributed by atoms with Gasteiger partial charge in [-0.3, -0.25) is 14.4 Å². The van der Waals surface area contributed by atoms with Gasteiger partial charge in [-0.2, -0.15) is 0 Å². The number of sulfonamides is 1. The van der Waals surface area contributed by atoms with Gasteiger partial charge in [0, 0.05) is 45.2 Å². The number of nitrogens with zero attached hydrogens (tertiary/aromatic N) is 2. The van der Waals surface area contributed by atoms with Gasteiger partial charge in [0.15, 0.2) is 5.75 Å². The van der Waals surface area contributed by atoms with E-state index in [1.165, 1.54) is 12.7 Å². The molecule has 0 aliphatic carbocycles. The van der Waals surface area contributed by atoms with E-state index < -0.39 is 10.0 Å². The molecule has 2 aromatic carbocycles. The summed E-state index contributed by atoms with van der Waals surface area (Å²) in [5, 5.41) is 7.28. The molecule has 182 valence electrons. The highest BCUT2D eigenvalue weighted by Crippen LogP contribution is 2.36. The van der Waals surface area contributed by atoms with E-state index in [9.17, 15) is 13.2 Å². The number of anilines is 2. The summed E-state index contributed by atoms with van der Waals surface area (Å²) in [4.78, 5) is 15.7. The van der Waals surface area contributed by atoms with Gasteiger partial charge in [0.1, 0.15) is 5.69 Å². The fourth-order valence-corrected chi connectivity index (χ4v) is 5.06. The standard InChI is InChI=1S/C24H31N5O4S/c1-16-12-19(23(33-3)20(13-16)27-34(4,31)32)26-24(30)21-14-17-6-5-7-18(22(17)28(21)2)15-29-10-8-25-9-11-29/h5-7,12-14,25,27H,8-11,15H2,1-4H3,(H,26,30). The topological polar surface area (TPSA) is 105 Å². The minimum absolute atomic E-state index is 0.252. The molecule has 1 saturated heterocycles. The number of amides is 1. The second-order valence-corrected chi connectivity index (χ2v) is 10.4. The van der Waals surface area contributed by atoms with Crippen LogP contribution in [0, 0.1) is 6.92 Å². The maximum atomic E-state index is 13.3. The van der Waals surface area contributed by atoms with E-state index in [4.69, 9.17) is 4.74 Å². The maximum Gasteiger partial charge on any atom is 0.272 e. The molecule has 2 heterocycles. The highest BCUT2D eigenvalue weighted by Gasteiger charge is 2.20. The number of carbonyl (C=O) groups is 1. The number of ether oxygens (including phenoxy) is 1. The van der Waals surface area contributed by atoms with Crippen LogP contribution in [0.1, 0.15) is 21.6 Å². The number of hydrogen-bond acceptors (Lipinski definition) is 6. The average Bonchev–Trinajstić information content (AvgIpc) is 3.11. The molecule has 3 N–H and O–H groups in total. The normalized spacial score (nSPS) is 14.8. The number of nitrogens with one attached hydrogen (secondary N) is 3. The van der Waals surface area contributed by atoms with Crippen molar-refractivity contribution >= 4 is 38.2 Å². The van der Waals surface area contributed by atoms with Gasteiger partial charge >= 0.3 is 0 Å². The number of methoxy groups -OCH3 is 1. The Hall–Kier alpha value is -3.08. The molecule has 4 rings (SSSR count). The summed E-state index contributed by atoms with van der Waals surface area (Å²) < 4.78 is 33.4. The van der Waals surface area contributed by atoms with Crippen LogP contribution < -0.4 is 20.1 Å². The van der Waals surface area contributed by atoms with Crippen LogP contribution >= 0.6 is 0 Å². The summed E-state index contributed by atoms with van der Waals surface area (Å²) in [5.74, 6) is -0.0523. The van der Waals surface area contributed by atoms with E-state index in [0.29, 0.717) is 11.4 Å². The molecule has 1 aromatic heterocycles. The van der Waals surface area contributed by atoms with Gasteiger partial charge in [-0.05, 0) is 36.2 Å². The number of hydrogen-bond donors (Lipinski definition) is 3. The Morgan fingerprint density at radius 2 is 1.85 bits per heavy atom. The fourth-order valence-electron chi connectivity index (χ4n) is 4.50. The first kappa shape index (κ1) is 24.1. The second kappa shape index (κ2) is 9.65. The van der Waals surface area contributed by atoms with Crippen molar-refractivity contribution in [2.75, 3.05) is 49.6 Å². The molecule has 0 spiro atoms. The van der Waals surface area contributed by atoms with E-state index >= 15 is 0 Å². The van der Waals surface area contributed by atoms with Gasteiger partial charge in [-0.25, -0.2) is 8.42 Å². The Morgan fingerprint density at radius 3 is 2.53 bits per heavy atom. The minimum Gasteiger partial charge on any atom is -0.492 e. The molecule has 1 aliphatic rings. The van der Waals surface area contributed by atoms with Crippen LogP contribution in [0.2, 0.25) is 0 Å². The first-order valence-corrected chi connectivity index (χ1v) is 13.0. The highest BCUT2D eigenvalue weighted by atomic mass is 32.2. The van der Waals surface area contributed by atoms with Crippen molar-refractivity contribution in [2.45, 2.75) is 13.5 Å². The second-order valence-electron chi connectivity index (χ2n) is 8.69. The zero-order valence-corrected chi connectivity index (χ0v) is 20.8. The number of aryl methyl sites for hydroxylation is 2. The molecule has 1 fully saturated rings. The number of aromatic nitrogens is 1. The first-order chi connectivity index (χ1) is 16.2. The number of rotatable bonds is 7. The summed E-state index contributed by atoms with van der Waals surface area (Å²) in [6, 6.07) is 11.4. The van der Waals surface area contributed by atoms with Crippen molar-refractivity contribution in [3.05, 3.63) is 53.2 Å². The van der Waals surface area contributed by atoms with Gasteiger partial charge in [0.25, 0.3) is 5.91 Å². The molecule has 0 radical (unpaired) electrons. The Labute approximate surface area is 200 Å². The quantitative estimate of drug-likeness (QED) is 0.475. The molecule has 1 aliphatic heterocycles. The van der Waals surface area contributed by atoms with Crippen molar-refractivity contribution in [3.8, 4) is 5.75 Å². The lowest BCUT2D eigenvalue weighted by molar-refractivity contribution is 0.101. The van der Waals surface area contributed by atoms with Gasteiger partial charge in [0.05, 0.1) is 30.3 Å². The van der Waals surface area contributed by atoms with Gasteiger partial charge in [0.2, 0.25) is 10.0 Å². The molecule has 0 saturated carbocycles. The number of para-hydroxylation sites is 1. The SMILES string of the molecule is COc1c(NC(=O)c2cc3cccc(CN4CCNCC4)c3n2C)cc(C)cc1NS(C)(=O)=O. The molecule has 10 heteroatoms. The lowest BCUT2D eigenvalue weighted by Crippen LogP contribution is -2.42. The van der Waals surface area contributed by atoms with Crippen molar-refractivity contribution in [1.29, 1.82) is 0 Å². The zero-order chi connectivity index (χ0) is 24.5. The van der Waals surface area contributed by atoms with Crippen molar-refractivity contribution in [3.63, 3.8) is 0 Å². The summed E-state index contributed by atoms with van der Waals surface area (Å²) in [6.45, 7) is 6.58. The van der Waals surface area contributed by atoms with Gasteiger partial charge in [-0.15, -0.1) is 0 Å². The molecule has 34 heavy (non-hydrogen) atoms. The summed E-state index contributed by atoms with van der Waals surface area (Å²) in [7, 11) is -0.191. The number of fused-ring (bicyclic) bond motifs is 1. The van der Waals surface area contributed by atoms with Crippen LogP contribution in [0.25, 0.3) is 10.9 Å². The molecule has 1 amide bonds. The summed E-state index contributed by atoms with van der Waals surface area (Å²) in [6.07, 6.45) is 1.07. The lowest BCUT2D eigenvalue weighted by Gasteiger charge is -2.27. The van der Waals surface area contributed by atoms with Crippen molar-refractivity contribution in [1.82, 2.24) is 14.8 Å². The van der Waals surface area contributed by atoms with E-state index in [1.807, 2.05) is 36.7 Å². The molecule has 0 bridgehead atoms. The van der Waals surface area contributed by atoms with Crippen LogP contribution in [-0.4, -0.2) is 63.3 Å². The summed E-state index contributed by atoms with van der Waals surface area (Å²) in [5.41, 5.74) is 4.15. The smallest absolute Gasteiger partial charge is 0.272 e. The third-order valence-corrected chi connectivity index (χ3v) is 6.55. The fraction of sp³-hybridized carbons (Fsp3) is 0.375. The molecule has 3 aromatic rings. The Morgan fingerprint density at radius 1 is 1.15 bits per heavy atom. The highest BCUT2D eigenvalue weighted by molar-refractivity contribution is 7.92. The monoisotopic (exact) mass is 485 g/mol. The molecule has 0 unspecified atom stereocenters. The molecule has 0 atom stereocenters. The van der Waals surface area contributed by atoms with Gasteiger partial charge in [-0.1, -0.05) is 18.2 Å². The molecule has 9 nitrogen and oxygen atoms in total. The molecular formula is C24H31N5O4S. The van der Waals surface area contributed by atoms with E-state index in [1.54, 1.807) is 12.1 Å². The minimum atomic E-state index is -3.52. The van der Waals surface area contributed by atoms with Crippen LogP contribution in [-0.2, 0) is 23.6 Å². The van der Waals surface area contributed by atoms with Crippen LogP contribution in [0.15, 0.2) is 36.4 Å². The third kappa shape index (κ3) is 5.19. The van der Waals surface area contributed by atoms with Crippen LogP contribution in [0.5, 0.6) is 5.75 Å². The van der Waals surface area contributed by atoms with E-state index in [0.717, 1.165) is 55.4 Å². The number of carbonyl (C=O) groups excluding carboxylic acids is 1. The number of benzene rings is 2. The maximum absolute atomic E-state index is 13.3. The Kier molecular flexibility index (Phi) is 6.83. The third-order valence-electron chi connectivity index (χ3n) is 5.96. The summed E-state index contributed by atoms with van der Waals surface area (Å²) >= 11 is 0. The Bertz CT molecular complexity index is 1330. The van der Waals surface area contributed by atoms with Crippen molar-refractivity contribution in [2.24, 2.45) is 7.05 Å². The Balaban J connectivity index is 1.66. The predicted molar refractivity (Wildman–Crippen MR) is 135 cm³/mol. The first-order valence-electron chi connectivity index (χ1n) is 11.1. The average molecular weight is 486 g/mol. The van der Waals surface area contributed by atoms with Crippen LogP contribution in [0.3, 0.4) is 0 Å². The number of piperazine rings is 1. The van der Waals surface area contributed by atoms with E-state index in [-0.39, 0.29) is 17.3 Å². The molecular weight excluding hydrogens is 454 g/mol. The van der Waals surface area contributed by atoms with Crippen molar-refractivity contribution < 1.29 is 17.9 Å². The zero-order valence-electron chi connectivity index (χ0n) is 19.9. The lowest BCUT2D eigenvalue weighted by atomic mass is 10.1.